The Morgan fingerprint density at radius 2 is 1.93 bits per heavy atom. The fourth-order valence-electron chi connectivity index (χ4n) is 2.87. The zero-order chi connectivity index (χ0) is 21.5. The number of anilines is 1. The van der Waals surface area contributed by atoms with E-state index in [4.69, 9.17) is 14.6 Å². The number of fused-ring (bicyclic) bond motifs is 1. The number of amides is 2. The second-order valence-electron chi connectivity index (χ2n) is 6.39. The molecule has 0 bridgehead atoms. The number of hydrogen-bond donors (Lipinski definition) is 2. The van der Waals surface area contributed by atoms with Crippen molar-refractivity contribution in [3.63, 3.8) is 0 Å². The van der Waals surface area contributed by atoms with Gasteiger partial charge in [-0.05, 0) is 48.4 Å². The Hall–Kier alpha value is -3.88. The topological polar surface area (TPSA) is 118 Å². The Balaban J connectivity index is 1.64. The number of aliphatic carboxylic acids is 1. The molecule has 0 aromatic heterocycles. The molecule has 3 rings (SSSR count). The van der Waals surface area contributed by atoms with E-state index in [9.17, 15) is 14.4 Å². The molecule has 0 atom stereocenters. The van der Waals surface area contributed by atoms with Crippen LogP contribution in [0.15, 0.2) is 53.6 Å². The molecule has 9 nitrogen and oxygen atoms in total. The molecule has 0 radical (unpaired) electrons. The summed E-state index contributed by atoms with van der Waals surface area (Å²) in [6.45, 7) is 1.17. The largest absolute Gasteiger partial charge is 0.482 e. The molecule has 30 heavy (non-hydrogen) atoms. The summed E-state index contributed by atoms with van der Waals surface area (Å²) in [6, 6.07) is 13.7. The van der Waals surface area contributed by atoms with Gasteiger partial charge in [-0.2, -0.15) is 5.10 Å². The Morgan fingerprint density at radius 3 is 2.63 bits per heavy atom. The summed E-state index contributed by atoms with van der Waals surface area (Å²) in [5, 5.41) is 12.8. The van der Waals surface area contributed by atoms with E-state index in [2.05, 4.69) is 10.5 Å². The van der Waals surface area contributed by atoms with Gasteiger partial charge in [-0.15, -0.1) is 0 Å². The quantitative estimate of drug-likeness (QED) is 0.505. The Bertz CT molecular complexity index is 971. The number of nitrogens with zero attached hydrogens (tertiary/aromatic N) is 2. The van der Waals surface area contributed by atoms with Gasteiger partial charge >= 0.3 is 5.97 Å². The maximum absolute atomic E-state index is 12.4. The van der Waals surface area contributed by atoms with Crippen LogP contribution in [0.1, 0.15) is 18.9 Å². The molecular formula is C21H21N3O6. The number of nitrogens with one attached hydrogen (secondary N) is 1. The minimum absolute atomic E-state index is 0.121. The molecule has 0 saturated heterocycles. The van der Waals surface area contributed by atoms with E-state index in [1.807, 2.05) is 6.92 Å². The molecule has 1 aliphatic heterocycles. The highest BCUT2D eigenvalue weighted by Gasteiger charge is 2.26. The predicted octanol–water partition coefficient (Wildman–Crippen LogP) is 1.81. The molecule has 0 saturated carbocycles. The van der Waals surface area contributed by atoms with Crippen LogP contribution in [0.5, 0.6) is 11.5 Å². The summed E-state index contributed by atoms with van der Waals surface area (Å²) in [6.07, 6.45) is 0.551. The van der Waals surface area contributed by atoms with Gasteiger partial charge in [0.05, 0.1) is 11.4 Å². The van der Waals surface area contributed by atoms with Crippen molar-refractivity contribution >= 4 is 29.2 Å². The average molecular weight is 411 g/mol. The van der Waals surface area contributed by atoms with Gasteiger partial charge in [0.25, 0.3) is 11.8 Å². The van der Waals surface area contributed by atoms with Gasteiger partial charge in [-0.25, -0.2) is 10.2 Å². The minimum Gasteiger partial charge on any atom is -0.482 e. The van der Waals surface area contributed by atoms with Crippen LogP contribution < -0.4 is 19.8 Å². The molecule has 1 heterocycles. The second-order valence-corrected chi connectivity index (χ2v) is 6.39. The summed E-state index contributed by atoms with van der Waals surface area (Å²) in [5.74, 6) is -0.829. The van der Waals surface area contributed by atoms with Crippen LogP contribution in [0.3, 0.4) is 0 Å². The van der Waals surface area contributed by atoms with Gasteiger partial charge < -0.3 is 14.6 Å². The van der Waals surface area contributed by atoms with Crippen molar-refractivity contribution in [2.45, 2.75) is 13.3 Å². The van der Waals surface area contributed by atoms with E-state index in [1.54, 1.807) is 48.5 Å². The standard InChI is InChI=1S/C21H21N3O6/c1-2-16(14-7-9-15(10-8-14)29-13-21(27)28)22-23-19(25)11-24-17-5-3-4-6-18(17)30-12-20(24)26/h3-10H,2,11-13H2,1H3,(H,23,25)(H,27,28)/b22-16-. The highest BCUT2D eigenvalue weighted by atomic mass is 16.5. The fourth-order valence-corrected chi connectivity index (χ4v) is 2.87. The number of carboxylic acids is 1. The second kappa shape index (κ2) is 9.55. The van der Waals surface area contributed by atoms with E-state index in [1.165, 1.54) is 4.90 Å². The van der Waals surface area contributed by atoms with Crippen LogP contribution in [0.2, 0.25) is 0 Å². The van der Waals surface area contributed by atoms with Crippen molar-refractivity contribution in [2.75, 3.05) is 24.7 Å². The van der Waals surface area contributed by atoms with E-state index in [-0.39, 0.29) is 19.1 Å². The van der Waals surface area contributed by atoms with E-state index >= 15 is 0 Å². The smallest absolute Gasteiger partial charge is 0.341 e. The third-order valence-electron chi connectivity index (χ3n) is 4.31. The summed E-state index contributed by atoms with van der Waals surface area (Å²) in [5.41, 5.74) is 4.42. The lowest BCUT2D eigenvalue weighted by atomic mass is 10.1. The first-order valence-corrected chi connectivity index (χ1v) is 9.30. The third-order valence-corrected chi connectivity index (χ3v) is 4.31. The number of carbonyl (C=O) groups is 3. The molecule has 2 amide bonds. The number of hydrogen-bond acceptors (Lipinski definition) is 6. The summed E-state index contributed by atoms with van der Waals surface area (Å²) in [4.78, 5) is 36.5. The molecule has 0 spiro atoms. The number of rotatable bonds is 8. The van der Waals surface area contributed by atoms with Gasteiger partial charge in [0.15, 0.2) is 13.2 Å². The number of hydrazone groups is 1. The Kier molecular flexibility index (Phi) is 6.63. The van der Waals surface area contributed by atoms with Gasteiger partial charge in [-0.3, -0.25) is 14.5 Å². The first kappa shape index (κ1) is 20.8. The Labute approximate surface area is 172 Å². The monoisotopic (exact) mass is 411 g/mol. The molecule has 0 aliphatic carbocycles. The number of benzene rings is 2. The molecule has 2 aromatic rings. The number of ether oxygens (including phenoxy) is 2. The summed E-state index contributed by atoms with van der Waals surface area (Å²) in [7, 11) is 0. The van der Waals surface area contributed by atoms with Crippen molar-refractivity contribution in [3.8, 4) is 11.5 Å². The maximum Gasteiger partial charge on any atom is 0.341 e. The summed E-state index contributed by atoms with van der Waals surface area (Å²) >= 11 is 0. The van der Waals surface area contributed by atoms with Crippen molar-refractivity contribution in [2.24, 2.45) is 5.10 Å². The van der Waals surface area contributed by atoms with Crippen LogP contribution in [-0.2, 0) is 14.4 Å². The number of para-hydroxylation sites is 2. The van der Waals surface area contributed by atoms with Crippen molar-refractivity contribution < 1.29 is 29.0 Å². The minimum atomic E-state index is -1.06. The van der Waals surface area contributed by atoms with Crippen molar-refractivity contribution in [1.82, 2.24) is 5.43 Å². The lowest BCUT2D eigenvalue weighted by Crippen LogP contribution is -2.44. The highest BCUT2D eigenvalue weighted by Crippen LogP contribution is 2.31. The van der Waals surface area contributed by atoms with Crippen molar-refractivity contribution in [1.29, 1.82) is 0 Å². The van der Waals surface area contributed by atoms with Gasteiger partial charge in [0, 0.05) is 0 Å². The third kappa shape index (κ3) is 5.13. The maximum atomic E-state index is 12.4. The first-order valence-electron chi connectivity index (χ1n) is 9.30. The molecule has 9 heteroatoms. The van der Waals surface area contributed by atoms with E-state index in [0.717, 1.165) is 5.56 Å². The van der Waals surface area contributed by atoms with Crippen LogP contribution in [0.4, 0.5) is 5.69 Å². The lowest BCUT2D eigenvalue weighted by molar-refractivity contribution is -0.139. The molecule has 1 aliphatic rings. The fraction of sp³-hybridized carbons (Fsp3) is 0.238. The van der Waals surface area contributed by atoms with Crippen molar-refractivity contribution in [3.05, 3.63) is 54.1 Å². The molecule has 2 aromatic carbocycles. The lowest BCUT2D eigenvalue weighted by Gasteiger charge is -2.28. The molecule has 0 fully saturated rings. The number of carbonyl (C=O) groups excluding carboxylic acids is 2. The van der Waals surface area contributed by atoms with Crippen LogP contribution in [0.25, 0.3) is 0 Å². The van der Waals surface area contributed by atoms with Gasteiger partial charge in [0.1, 0.15) is 18.0 Å². The average Bonchev–Trinajstić information content (AvgIpc) is 2.75. The molecule has 0 unspecified atom stereocenters. The molecular weight excluding hydrogens is 390 g/mol. The molecule has 2 N–H and O–H groups in total. The normalized spacial score (nSPS) is 13.3. The highest BCUT2D eigenvalue weighted by molar-refractivity contribution is 6.03. The zero-order valence-corrected chi connectivity index (χ0v) is 16.3. The SMILES string of the molecule is CC/C(=N/NC(=O)CN1C(=O)COc2ccccc21)c1ccc(OCC(=O)O)cc1. The van der Waals surface area contributed by atoms with Gasteiger partial charge in [-0.1, -0.05) is 19.1 Å². The van der Waals surface area contributed by atoms with Crippen LogP contribution >= 0.6 is 0 Å². The predicted molar refractivity (Wildman–Crippen MR) is 109 cm³/mol. The molecule has 156 valence electrons. The van der Waals surface area contributed by atoms with Crippen LogP contribution in [-0.4, -0.2) is 48.4 Å². The first-order chi connectivity index (χ1) is 14.5. The van der Waals surface area contributed by atoms with E-state index < -0.39 is 18.5 Å². The Morgan fingerprint density at radius 1 is 1.20 bits per heavy atom. The van der Waals surface area contributed by atoms with E-state index in [0.29, 0.717) is 29.3 Å². The number of carboxylic acid groups (broad SMARTS) is 1. The zero-order valence-electron chi connectivity index (χ0n) is 16.3. The summed E-state index contributed by atoms with van der Waals surface area (Å²) < 4.78 is 10.5. The van der Waals surface area contributed by atoms with Gasteiger partial charge in [0.2, 0.25) is 0 Å². The van der Waals surface area contributed by atoms with Crippen LogP contribution in [0, 0.1) is 0 Å².